The van der Waals surface area contributed by atoms with Crippen molar-refractivity contribution in [1.82, 2.24) is 10.2 Å². The Kier molecular flexibility index (Phi) is 5.47. The number of fused-ring (bicyclic) bond motifs is 1. The fourth-order valence-corrected chi connectivity index (χ4v) is 2.62. The molecule has 2 rings (SSSR count). The van der Waals surface area contributed by atoms with Crippen molar-refractivity contribution in [2.24, 2.45) is 0 Å². The van der Waals surface area contributed by atoms with Crippen molar-refractivity contribution in [2.75, 3.05) is 13.7 Å². The second kappa shape index (κ2) is 7.54. The second-order valence-corrected chi connectivity index (χ2v) is 5.13. The molecule has 0 fully saturated rings. The Balaban J connectivity index is 2.42. The van der Waals surface area contributed by atoms with Crippen LogP contribution in [-0.4, -0.2) is 48.6 Å². The Morgan fingerprint density at radius 3 is 2.75 bits per heavy atom. The summed E-state index contributed by atoms with van der Waals surface area (Å²) >= 11 is 0. The van der Waals surface area contributed by atoms with E-state index in [-0.39, 0.29) is 29.9 Å². The lowest BCUT2D eigenvalue weighted by atomic mass is 10.1. The molecule has 0 radical (unpaired) electrons. The highest BCUT2D eigenvalue weighted by Gasteiger charge is 2.43. The fraction of sp³-hybridized carbons (Fsp3) is 0.294. The second-order valence-electron chi connectivity index (χ2n) is 5.13. The topological polar surface area (TPSA) is 92.8 Å². The number of carbonyl (C=O) groups excluding carboxylic acids is 4. The van der Waals surface area contributed by atoms with Crippen LogP contribution in [0.2, 0.25) is 0 Å². The van der Waals surface area contributed by atoms with Crippen LogP contribution in [0.4, 0.5) is 0 Å². The van der Waals surface area contributed by atoms with Gasteiger partial charge in [0.25, 0.3) is 11.8 Å². The third kappa shape index (κ3) is 3.05. The van der Waals surface area contributed by atoms with E-state index in [1.54, 1.807) is 12.1 Å². The fourth-order valence-electron chi connectivity index (χ4n) is 2.62. The van der Waals surface area contributed by atoms with E-state index in [4.69, 9.17) is 4.74 Å². The SMILES string of the molecule is C=CCCC(C(=O)NC)N1C(=O)c2cccc(OCC=O)c2C1=O. The average Bonchev–Trinajstić information content (AvgIpc) is 2.85. The number of amides is 3. The first-order valence-electron chi connectivity index (χ1n) is 7.46. The molecule has 0 saturated carbocycles. The summed E-state index contributed by atoms with van der Waals surface area (Å²) in [6, 6.07) is 3.64. The van der Waals surface area contributed by atoms with E-state index in [0.717, 1.165) is 4.90 Å². The van der Waals surface area contributed by atoms with Gasteiger partial charge in [0.05, 0.1) is 11.1 Å². The van der Waals surface area contributed by atoms with Gasteiger partial charge in [-0.3, -0.25) is 24.1 Å². The number of nitrogens with zero attached hydrogens (tertiary/aromatic N) is 1. The molecule has 1 aliphatic heterocycles. The zero-order chi connectivity index (χ0) is 17.7. The molecule has 7 heteroatoms. The molecule has 1 aromatic rings. The molecule has 1 heterocycles. The van der Waals surface area contributed by atoms with Crippen LogP contribution in [0.15, 0.2) is 30.9 Å². The molecule has 0 spiro atoms. The van der Waals surface area contributed by atoms with E-state index in [1.807, 2.05) is 0 Å². The lowest BCUT2D eigenvalue weighted by molar-refractivity contribution is -0.124. The highest BCUT2D eigenvalue weighted by atomic mass is 16.5. The highest BCUT2D eigenvalue weighted by molar-refractivity contribution is 6.24. The minimum atomic E-state index is -0.931. The predicted octanol–water partition coefficient (Wildman–Crippen LogP) is 0.941. The van der Waals surface area contributed by atoms with Gasteiger partial charge in [-0.1, -0.05) is 12.1 Å². The first-order chi connectivity index (χ1) is 11.6. The van der Waals surface area contributed by atoms with Crippen molar-refractivity contribution in [1.29, 1.82) is 0 Å². The predicted molar refractivity (Wildman–Crippen MR) is 85.8 cm³/mol. The Morgan fingerprint density at radius 2 is 2.12 bits per heavy atom. The molecule has 0 bridgehead atoms. The van der Waals surface area contributed by atoms with E-state index < -0.39 is 23.8 Å². The molecule has 0 saturated heterocycles. The lowest BCUT2D eigenvalue weighted by Gasteiger charge is -2.24. The summed E-state index contributed by atoms with van der Waals surface area (Å²) in [7, 11) is 1.44. The van der Waals surface area contributed by atoms with Crippen LogP contribution in [0.5, 0.6) is 5.75 Å². The number of hydrogen-bond donors (Lipinski definition) is 1. The Labute approximate surface area is 139 Å². The lowest BCUT2D eigenvalue weighted by Crippen LogP contribution is -2.48. The molecular weight excluding hydrogens is 312 g/mol. The Bertz CT molecular complexity index is 698. The van der Waals surface area contributed by atoms with Crippen molar-refractivity contribution in [3.05, 3.63) is 42.0 Å². The van der Waals surface area contributed by atoms with Crippen molar-refractivity contribution in [2.45, 2.75) is 18.9 Å². The number of carbonyl (C=O) groups is 4. The molecule has 0 aromatic heterocycles. The molecule has 0 aliphatic carbocycles. The normalized spacial score (nSPS) is 14.1. The van der Waals surface area contributed by atoms with E-state index in [0.29, 0.717) is 12.7 Å². The van der Waals surface area contributed by atoms with Gasteiger partial charge in [-0.25, -0.2) is 0 Å². The molecule has 126 valence electrons. The van der Waals surface area contributed by atoms with Crippen LogP contribution in [0.3, 0.4) is 0 Å². The summed E-state index contributed by atoms with van der Waals surface area (Å²) in [6.45, 7) is 3.37. The van der Waals surface area contributed by atoms with Crippen LogP contribution < -0.4 is 10.1 Å². The monoisotopic (exact) mass is 330 g/mol. The van der Waals surface area contributed by atoms with Crippen molar-refractivity contribution < 1.29 is 23.9 Å². The van der Waals surface area contributed by atoms with Crippen LogP contribution in [0.1, 0.15) is 33.6 Å². The number of nitrogens with one attached hydrogen (secondary N) is 1. The van der Waals surface area contributed by atoms with Gasteiger partial charge in [-0.2, -0.15) is 0 Å². The van der Waals surface area contributed by atoms with Gasteiger partial charge in [0.1, 0.15) is 18.4 Å². The van der Waals surface area contributed by atoms with Crippen LogP contribution in [0, 0.1) is 0 Å². The summed E-state index contributed by atoms with van der Waals surface area (Å²) in [5.41, 5.74) is 0.243. The molecule has 1 aliphatic rings. The summed E-state index contributed by atoms with van der Waals surface area (Å²) in [4.78, 5) is 49.0. The Hall–Kier alpha value is -2.96. The molecule has 24 heavy (non-hydrogen) atoms. The van der Waals surface area contributed by atoms with Gasteiger partial charge in [-0.15, -0.1) is 6.58 Å². The van der Waals surface area contributed by atoms with E-state index >= 15 is 0 Å². The number of rotatable bonds is 8. The van der Waals surface area contributed by atoms with E-state index in [2.05, 4.69) is 11.9 Å². The zero-order valence-corrected chi connectivity index (χ0v) is 13.3. The number of imide groups is 1. The first kappa shape index (κ1) is 17.4. The van der Waals surface area contributed by atoms with Crippen LogP contribution in [-0.2, 0) is 9.59 Å². The molecule has 7 nitrogen and oxygen atoms in total. The molecule has 1 aromatic carbocycles. The third-order valence-corrected chi connectivity index (χ3v) is 3.72. The standard InChI is InChI=1S/C17H18N2O5/c1-3-4-7-12(15(21)18-2)19-16(22)11-6-5-8-13(24-10-9-20)14(11)17(19)23/h3,5-6,8-9,12H,1,4,7,10H2,2H3,(H,18,21). The number of hydrogen-bond acceptors (Lipinski definition) is 5. The molecule has 3 amide bonds. The third-order valence-electron chi connectivity index (χ3n) is 3.72. The van der Waals surface area contributed by atoms with Gasteiger partial charge in [0, 0.05) is 7.05 Å². The number of allylic oxidation sites excluding steroid dienone is 1. The molecule has 1 unspecified atom stereocenters. The number of likely N-dealkylation sites (N-methyl/N-ethyl adjacent to an activating group) is 1. The average molecular weight is 330 g/mol. The number of benzene rings is 1. The van der Waals surface area contributed by atoms with Crippen molar-refractivity contribution in [3.8, 4) is 5.75 Å². The van der Waals surface area contributed by atoms with Gasteiger partial charge in [0.15, 0.2) is 6.29 Å². The maximum Gasteiger partial charge on any atom is 0.266 e. The Morgan fingerprint density at radius 1 is 1.38 bits per heavy atom. The molecular formula is C17H18N2O5. The summed E-state index contributed by atoms with van der Waals surface area (Å²) in [5, 5.41) is 2.47. The van der Waals surface area contributed by atoms with Crippen molar-refractivity contribution >= 4 is 24.0 Å². The van der Waals surface area contributed by atoms with Gasteiger partial charge >= 0.3 is 0 Å². The molecule has 1 N–H and O–H groups in total. The maximum absolute atomic E-state index is 12.7. The minimum Gasteiger partial charge on any atom is -0.485 e. The van der Waals surface area contributed by atoms with Crippen LogP contribution >= 0.6 is 0 Å². The smallest absolute Gasteiger partial charge is 0.266 e. The van der Waals surface area contributed by atoms with Gasteiger partial charge in [-0.05, 0) is 25.0 Å². The molecule has 1 atom stereocenters. The highest BCUT2D eigenvalue weighted by Crippen LogP contribution is 2.33. The summed E-state index contributed by atoms with van der Waals surface area (Å²) in [5.74, 6) is -1.43. The zero-order valence-electron chi connectivity index (χ0n) is 13.3. The van der Waals surface area contributed by atoms with E-state index in [1.165, 1.54) is 19.2 Å². The van der Waals surface area contributed by atoms with Gasteiger partial charge < -0.3 is 10.1 Å². The largest absolute Gasteiger partial charge is 0.485 e. The number of ether oxygens (including phenoxy) is 1. The van der Waals surface area contributed by atoms with Crippen LogP contribution in [0.25, 0.3) is 0 Å². The quantitative estimate of drug-likeness (QED) is 0.435. The number of aldehydes is 1. The maximum atomic E-state index is 12.7. The minimum absolute atomic E-state index is 0.0804. The first-order valence-corrected chi connectivity index (χ1v) is 7.46. The van der Waals surface area contributed by atoms with Gasteiger partial charge in [0.2, 0.25) is 5.91 Å². The van der Waals surface area contributed by atoms with E-state index in [9.17, 15) is 19.2 Å². The summed E-state index contributed by atoms with van der Waals surface area (Å²) < 4.78 is 5.23. The summed E-state index contributed by atoms with van der Waals surface area (Å²) in [6.07, 6.45) is 2.92. The van der Waals surface area contributed by atoms with Crippen molar-refractivity contribution in [3.63, 3.8) is 0 Å².